The Balaban J connectivity index is 1.53. The molecule has 28 heavy (non-hydrogen) atoms. The quantitative estimate of drug-likeness (QED) is 0.648. The van der Waals surface area contributed by atoms with E-state index in [4.69, 9.17) is 14.2 Å². The molecule has 4 unspecified atom stereocenters. The van der Waals surface area contributed by atoms with Gasteiger partial charge in [-0.15, -0.1) is 0 Å². The number of carbonyl (C=O) groups is 2. The van der Waals surface area contributed by atoms with Crippen LogP contribution in [-0.4, -0.2) is 63.6 Å². The summed E-state index contributed by atoms with van der Waals surface area (Å²) >= 11 is 0. The second-order valence-electron chi connectivity index (χ2n) is 6.84. The smallest absolute Gasteiger partial charge is 0.412 e. The molecule has 0 bridgehead atoms. The minimum Gasteiger partial charge on any atom is -0.441 e. The van der Waals surface area contributed by atoms with E-state index in [1.165, 1.54) is 6.92 Å². The van der Waals surface area contributed by atoms with Gasteiger partial charge in [0.25, 0.3) is 0 Å². The van der Waals surface area contributed by atoms with Crippen molar-refractivity contribution in [2.75, 3.05) is 24.3 Å². The van der Waals surface area contributed by atoms with Crippen LogP contribution >= 0.6 is 0 Å². The van der Waals surface area contributed by atoms with E-state index >= 15 is 0 Å². The molecule has 2 fully saturated rings. The molecule has 10 heteroatoms. The van der Waals surface area contributed by atoms with Gasteiger partial charge < -0.3 is 14.2 Å². The third-order valence-electron chi connectivity index (χ3n) is 4.61. The number of rotatable bonds is 7. The van der Waals surface area contributed by atoms with Crippen LogP contribution in [0.15, 0.2) is 24.3 Å². The number of ketones is 1. The van der Waals surface area contributed by atoms with Gasteiger partial charge in [-0.25, -0.2) is 17.9 Å². The van der Waals surface area contributed by atoms with Gasteiger partial charge in [-0.3, -0.25) is 10.1 Å². The molecule has 1 aromatic rings. The summed E-state index contributed by atoms with van der Waals surface area (Å²) in [6.45, 7) is 3.53. The lowest BCUT2D eigenvalue weighted by molar-refractivity contribution is 0.00883. The van der Waals surface area contributed by atoms with Crippen molar-refractivity contribution in [2.24, 2.45) is 0 Å². The molecule has 0 aromatic heterocycles. The van der Waals surface area contributed by atoms with Crippen LogP contribution in [0.1, 0.15) is 30.6 Å². The summed E-state index contributed by atoms with van der Waals surface area (Å²) < 4.78 is 43.2. The number of anilines is 1. The fourth-order valence-corrected chi connectivity index (χ4v) is 4.62. The summed E-state index contributed by atoms with van der Waals surface area (Å²) in [6.07, 6.45) is -1.83. The van der Waals surface area contributed by atoms with Crippen LogP contribution in [0, 0.1) is 0 Å². The van der Waals surface area contributed by atoms with Crippen LogP contribution in [0.25, 0.3) is 0 Å². The summed E-state index contributed by atoms with van der Waals surface area (Å²) in [4.78, 5) is 23.4. The van der Waals surface area contributed by atoms with Crippen LogP contribution in [0.4, 0.5) is 10.5 Å². The molecule has 2 N–H and O–H groups in total. The zero-order valence-corrected chi connectivity index (χ0v) is 16.5. The zero-order valence-electron chi connectivity index (χ0n) is 15.7. The lowest BCUT2D eigenvalue weighted by Gasteiger charge is -2.18. The molecule has 2 saturated heterocycles. The number of hydrogen-bond acceptors (Lipinski definition) is 7. The summed E-state index contributed by atoms with van der Waals surface area (Å²) in [5.74, 6) is -0.0307. The number of sulfonamides is 1. The van der Waals surface area contributed by atoms with Crippen LogP contribution in [-0.2, 0) is 24.2 Å². The lowest BCUT2D eigenvalue weighted by atomic mass is 10.1. The SMILES string of the molecule is CCCS(=O)(=O)NC1COC2C(OC(=O)Nc3ccc(C(C)=O)cc3)COC12. The van der Waals surface area contributed by atoms with Gasteiger partial charge in [0.15, 0.2) is 11.9 Å². The molecule has 4 atom stereocenters. The van der Waals surface area contributed by atoms with E-state index in [1.807, 2.05) is 0 Å². The van der Waals surface area contributed by atoms with Gasteiger partial charge in [0.2, 0.25) is 10.0 Å². The lowest BCUT2D eigenvalue weighted by Crippen LogP contribution is -2.45. The minimum absolute atomic E-state index is 0.0334. The first-order valence-electron chi connectivity index (χ1n) is 9.11. The predicted octanol–water partition coefficient (Wildman–Crippen LogP) is 1.30. The number of fused-ring (bicyclic) bond motifs is 1. The Labute approximate surface area is 163 Å². The third-order valence-corrected chi connectivity index (χ3v) is 6.22. The first-order chi connectivity index (χ1) is 13.3. The van der Waals surface area contributed by atoms with E-state index < -0.39 is 40.5 Å². The fraction of sp³-hybridized carbons (Fsp3) is 0.556. The highest BCUT2D eigenvalue weighted by molar-refractivity contribution is 7.89. The summed E-state index contributed by atoms with van der Waals surface area (Å²) in [6, 6.07) is 5.93. The van der Waals surface area contributed by atoms with Crippen molar-refractivity contribution >= 4 is 27.6 Å². The topological polar surface area (TPSA) is 120 Å². The van der Waals surface area contributed by atoms with Gasteiger partial charge in [0.1, 0.15) is 12.2 Å². The summed E-state index contributed by atoms with van der Waals surface area (Å²) in [7, 11) is -3.40. The minimum atomic E-state index is -3.40. The average Bonchev–Trinajstić information content (AvgIpc) is 3.19. The number of Topliss-reactive ketones (excluding diaryl/α,β-unsaturated/α-hetero) is 1. The maximum atomic E-state index is 12.1. The van der Waals surface area contributed by atoms with Gasteiger partial charge in [0, 0.05) is 11.3 Å². The van der Waals surface area contributed by atoms with E-state index in [0.717, 1.165) is 0 Å². The van der Waals surface area contributed by atoms with E-state index in [1.54, 1.807) is 31.2 Å². The van der Waals surface area contributed by atoms with E-state index in [0.29, 0.717) is 17.7 Å². The molecular formula is C18H24N2O7S. The van der Waals surface area contributed by atoms with Gasteiger partial charge in [-0.2, -0.15) is 0 Å². The molecule has 0 radical (unpaired) electrons. The first kappa shape index (κ1) is 20.7. The number of nitrogens with one attached hydrogen (secondary N) is 2. The Morgan fingerprint density at radius 2 is 1.82 bits per heavy atom. The summed E-state index contributed by atoms with van der Waals surface area (Å²) in [5, 5.41) is 2.59. The number of hydrogen-bond donors (Lipinski definition) is 2. The van der Waals surface area contributed by atoms with Crippen LogP contribution in [0.3, 0.4) is 0 Å². The van der Waals surface area contributed by atoms with Crippen molar-refractivity contribution in [1.82, 2.24) is 4.72 Å². The van der Waals surface area contributed by atoms with Crippen molar-refractivity contribution in [3.63, 3.8) is 0 Å². The highest BCUT2D eigenvalue weighted by Crippen LogP contribution is 2.29. The van der Waals surface area contributed by atoms with Crippen molar-refractivity contribution in [3.05, 3.63) is 29.8 Å². The van der Waals surface area contributed by atoms with Crippen molar-refractivity contribution in [2.45, 2.75) is 44.6 Å². The average molecular weight is 412 g/mol. The molecular weight excluding hydrogens is 388 g/mol. The maximum absolute atomic E-state index is 12.1. The molecule has 3 rings (SSSR count). The first-order valence-corrected chi connectivity index (χ1v) is 10.8. The molecule has 2 heterocycles. The van der Waals surface area contributed by atoms with Crippen molar-refractivity contribution in [3.8, 4) is 0 Å². The van der Waals surface area contributed by atoms with Crippen molar-refractivity contribution in [1.29, 1.82) is 0 Å². The van der Waals surface area contributed by atoms with Crippen molar-refractivity contribution < 1.29 is 32.2 Å². The second-order valence-corrected chi connectivity index (χ2v) is 8.71. The number of amides is 1. The molecule has 1 amide bonds. The highest BCUT2D eigenvalue weighted by Gasteiger charge is 2.50. The van der Waals surface area contributed by atoms with E-state index in [9.17, 15) is 18.0 Å². The summed E-state index contributed by atoms with van der Waals surface area (Å²) in [5.41, 5.74) is 1.03. The predicted molar refractivity (Wildman–Crippen MR) is 101 cm³/mol. The Kier molecular flexibility index (Phi) is 6.33. The van der Waals surface area contributed by atoms with Gasteiger partial charge in [0.05, 0.1) is 25.0 Å². The number of benzene rings is 1. The standard InChI is InChI=1S/C18H24N2O7S/c1-3-8-28(23,24)20-14-9-25-17-15(10-26-16(14)17)27-18(22)19-13-6-4-12(5-7-13)11(2)21/h4-7,14-17,20H,3,8-10H2,1-2H3,(H,19,22). The van der Waals surface area contributed by atoms with Gasteiger partial charge in [-0.1, -0.05) is 6.92 Å². The van der Waals surface area contributed by atoms with E-state index in [-0.39, 0.29) is 24.7 Å². The third kappa shape index (κ3) is 4.88. The Hall–Kier alpha value is -2.01. The Morgan fingerprint density at radius 1 is 1.14 bits per heavy atom. The highest BCUT2D eigenvalue weighted by atomic mass is 32.2. The van der Waals surface area contributed by atoms with Crippen LogP contribution in [0.5, 0.6) is 0 Å². The van der Waals surface area contributed by atoms with Gasteiger partial charge in [-0.05, 0) is 37.6 Å². The molecule has 2 aliphatic rings. The normalized spacial score (nSPS) is 26.6. The molecule has 2 aliphatic heterocycles. The molecule has 0 aliphatic carbocycles. The Morgan fingerprint density at radius 3 is 2.46 bits per heavy atom. The molecule has 0 saturated carbocycles. The van der Waals surface area contributed by atoms with Crippen LogP contribution < -0.4 is 10.0 Å². The molecule has 0 spiro atoms. The molecule has 9 nitrogen and oxygen atoms in total. The monoisotopic (exact) mass is 412 g/mol. The van der Waals surface area contributed by atoms with E-state index in [2.05, 4.69) is 10.0 Å². The zero-order chi connectivity index (χ0) is 20.3. The largest absolute Gasteiger partial charge is 0.441 e. The fourth-order valence-electron chi connectivity index (χ4n) is 3.30. The molecule has 1 aromatic carbocycles. The number of ether oxygens (including phenoxy) is 3. The molecule has 154 valence electrons. The second kappa shape index (κ2) is 8.56. The Bertz CT molecular complexity index is 825. The van der Waals surface area contributed by atoms with Gasteiger partial charge >= 0.3 is 6.09 Å². The maximum Gasteiger partial charge on any atom is 0.412 e. The van der Waals surface area contributed by atoms with Crippen LogP contribution in [0.2, 0.25) is 0 Å². The number of carbonyl (C=O) groups excluding carboxylic acids is 2.